The Hall–Kier alpha value is -2.03. The van der Waals surface area contributed by atoms with Gasteiger partial charge < -0.3 is 20.1 Å². The molecule has 0 aromatic heterocycles. The Kier molecular flexibility index (Phi) is 10.5. The number of halogens is 1. The predicted octanol–water partition coefficient (Wildman–Crippen LogP) is 6.41. The third-order valence-corrected chi connectivity index (χ3v) is 7.62. The van der Waals surface area contributed by atoms with E-state index in [0.29, 0.717) is 35.5 Å². The number of benzene rings is 2. The van der Waals surface area contributed by atoms with Crippen molar-refractivity contribution in [2.75, 3.05) is 12.4 Å². The molecule has 34 heavy (non-hydrogen) atoms. The van der Waals surface area contributed by atoms with E-state index < -0.39 is 17.5 Å². The van der Waals surface area contributed by atoms with Gasteiger partial charge in [0, 0.05) is 26.1 Å². The van der Waals surface area contributed by atoms with Crippen LogP contribution in [-0.2, 0) is 11.2 Å². The van der Waals surface area contributed by atoms with E-state index in [-0.39, 0.29) is 18.0 Å². The maximum absolute atomic E-state index is 11.7. The number of ether oxygens (including phenoxy) is 1. The zero-order chi connectivity index (χ0) is 25.5. The summed E-state index contributed by atoms with van der Waals surface area (Å²) >= 11 is 5.21. The number of hydrogen-bond donors (Lipinski definition) is 3. The number of phenolic OH excluding ortho intramolecular Hbond substituents is 1. The van der Waals surface area contributed by atoms with Gasteiger partial charge in [-0.05, 0) is 65.5 Å². The normalized spacial score (nSPS) is 12.4. The molecule has 0 spiro atoms. The number of hydrogen-bond acceptors (Lipinski definition) is 6. The maximum Gasteiger partial charge on any atom is 0.303 e. The molecule has 3 N–H and O–H groups in total. The number of thioether (sulfide) groups is 1. The molecule has 0 bridgehead atoms. The highest BCUT2D eigenvalue weighted by Crippen LogP contribution is 2.39. The molecule has 0 fully saturated rings. The summed E-state index contributed by atoms with van der Waals surface area (Å²) in [5.41, 5.74) is 0.870. The summed E-state index contributed by atoms with van der Waals surface area (Å²) in [7, 11) is 0. The lowest BCUT2D eigenvalue weighted by Gasteiger charge is -2.29. The lowest BCUT2D eigenvalue weighted by Crippen LogP contribution is -2.25. The third-order valence-electron chi connectivity index (χ3n) is 5.54. The first kappa shape index (κ1) is 28.2. The summed E-state index contributed by atoms with van der Waals surface area (Å²) in [6.45, 7) is 7.39. The van der Waals surface area contributed by atoms with Gasteiger partial charge in [0.1, 0.15) is 11.5 Å². The van der Waals surface area contributed by atoms with Crippen LogP contribution in [0, 0.1) is 5.41 Å². The Labute approximate surface area is 213 Å². The molecular formula is C26H33BrO6S. The van der Waals surface area contributed by atoms with Gasteiger partial charge in [-0.15, -0.1) is 11.8 Å². The Morgan fingerprint density at radius 2 is 1.91 bits per heavy atom. The predicted molar refractivity (Wildman–Crippen MR) is 138 cm³/mol. The summed E-state index contributed by atoms with van der Waals surface area (Å²) < 4.78 is 6.76. The van der Waals surface area contributed by atoms with Crippen LogP contribution in [0.3, 0.4) is 0 Å². The molecule has 0 saturated heterocycles. The van der Waals surface area contributed by atoms with Crippen molar-refractivity contribution in [3.8, 4) is 11.5 Å². The number of aromatic hydroxyl groups is 1. The molecule has 0 aliphatic rings. The molecule has 1 atom stereocenters. The lowest BCUT2D eigenvalue weighted by molar-refractivity contribution is -0.141. The fourth-order valence-electron chi connectivity index (χ4n) is 3.69. The van der Waals surface area contributed by atoms with Gasteiger partial charge in [-0.1, -0.05) is 33.3 Å². The fourth-order valence-corrected chi connectivity index (χ4v) is 5.28. The zero-order valence-corrected chi connectivity index (χ0v) is 22.5. The van der Waals surface area contributed by atoms with Crippen LogP contribution in [0.2, 0.25) is 0 Å². The number of carboxylic acid groups (broad SMARTS) is 1. The van der Waals surface area contributed by atoms with E-state index in [1.54, 1.807) is 37.7 Å². The van der Waals surface area contributed by atoms with E-state index in [4.69, 9.17) is 9.84 Å². The quantitative estimate of drug-likeness (QED) is 0.150. The van der Waals surface area contributed by atoms with Gasteiger partial charge in [0.15, 0.2) is 5.78 Å². The Morgan fingerprint density at radius 1 is 1.21 bits per heavy atom. The van der Waals surface area contributed by atoms with Crippen molar-refractivity contribution in [3.05, 3.63) is 51.5 Å². The van der Waals surface area contributed by atoms with Gasteiger partial charge in [-0.3, -0.25) is 9.59 Å². The molecule has 2 rings (SSSR count). The average Bonchev–Trinajstić information content (AvgIpc) is 2.75. The van der Waals surface area contributed by atoms with Crippen molar-refractivity contribution in [1.82, 2.24) is 0 Å². The smallest absolute Gasteiger partial charge is 0.303 e. The van der Waals surface area contributed by atoms with E-state index in [0.717, 1.165) is 28.0 Å². The highest BCUT2D eigenvalue weighted by molar-refractivity contribution is 9.10. The minimum absolute atomic E-state index is 0.0129. The van der Waals surface area contributed by atoms with Crippen LogP contribution in [0.15, 0.2) is 39.7 Å². The molecule has 2 aromatic rings. The highest BCUT2D eigenvalue weighted by Gasteiger charge is 2.32. The number of aliphatic carboxylic acids is 1. The first-order chi connectivity index (χ1) is 16.0. The minimum atomic E-state index is -0.940. The van der Waals surface area contributed by atoms with Gasteiger partial charge in [-0.25, -0.2) is 0 Å². The number of aliphatic hydroxyl groups excluding tert-OH is 1. The van der Waals surface area contributed by atoms with Crippen molar-refractivity contribution in [3.63, 3.8) is 0 Å². The Morgan fingerprint density at radius 3 is 2.50 bits per heavy atom. The number of carbonyl (C=O) groups excluding carboxylic acids is 1. The molecule has 0 amide bonds. The van der Waals surface area contributed by atoms with Crippen LogP contribution in [0.5, 0.6) is 11.5 Å². The van der Waals surface area contributed by atoms with E-state index in [2.05, 4.69) is 15.9 Å². The van der Waals surface area contributed by atoms with Crippen LogP contribution < -0.4 is 4.74 Å². The van der Waals surface area contributed by atoms with Crippen LogP contribution in [0.4, 0.5) is 0 Å². The summed E-state index contributed by atoms with van der Waals surface area (Å²) in [5.74, 6) is 0.305. The number of aliphatic hydroxyl groups is 1. The topological polar surface area (TPSA) is 104 Å². The maximum atomic E-state index is 11.7. The molecule has 1 unspecified atom stereocenters. The molecule has 0 aliphatic carbocycles. The average molecular weight is 554 g/mol. The number of carboxylic acids is 1. The first-order valence-electron chi connectivity index (χ1n) is 11.3. The number of ketones is 1. The van der Waals surface area contributed by atoms with Crippen LogP contribution in [0.25, 0.3) is 0 Å². The number of phenols is 1. The van der Waals surface area contributed by atoms with Crippen molar-refractivity contribution < 1.29 is 29.6 Å². The Balaban J connectivity index is 1.94. The SMILES string of the molecule is CCCc1c(OCCCSc2ccc(C(O)C(C)(C)CC(=O)O)cc2Br)ccc(C(C)=O)c1O. The van der Waals surface area contributed by atoms with Crippen molar-refractivity contribution >= 4 is 39.4 Å². The van der Waals surface area contributed by atoms with E-state index in [1.807, 2.05) is 25.1 Å². The summed E-state index contributed by atoms with van der Waals surface area (Å²) in [6, 6.07) is 8.94. The van der Waals surface area contributed by atoms with Gasteiger partial charge in [0.05, 0.1) is 24.7 Å². The van der Waals surface area contributed by atoms with Crippen molar-refractivity contribution in [2.45, 2.75) is 64.4 Å². The first-order valence-corrected chi connectivity index (χ1v) is 13.1. The van der Waals surface area contributed by atoms with Crippen LogP contribution in [0.1, 0.15) is 74.5 Å². The zero-order valence-electron chi connectivity index (χ0n) is 20.1. The van der Waals surface area contributed by atoms with E-state index >= 15 is 0 Å². The number of carbonyl (C=O) groups is 2. The number of rotatable bonds is 13. The van der Waals surface area contributed by atoms with Gasteiger partial charge in [0.2, 0.25) is 0 Å². The second kappa shape index (κ2) is 12.6. The molecule has 0 saturated carbocycles. The van der Waals surface area contributed by atoms with Crippen molar-refractivity contribution in [1.29, 1.82) is 0 Å². The van der Waals surface area contributed by atoms with Crippen LogP contribution >= 0.6 is 27.7 Å². The summed E-state index contributed by atoms with van der Waals surface area (Å²) in [6.07, 6.45) is 1.21. The third kappa shape index (κ3) is 7.48. The number of Topliss-reactive ketones (excluding diaryl/α,β-unsaturated/α-hetero) is 1. The van der Waals surface area contributed by atoms with Crippen molar-refractivity contribution in [2.24, 2.45) is 5.41 Å². The second-order valence-electron chi connectivity index (χ2n) is 8.95. The molecule has 2 aromatic carbocycles. The fraction of sp³-hybridized carbons (Fsp3) is 0.462. The van der Waals surface area contributed by atoms with E-state index in [9.17, 15) is 19.8 Å². The highest BCUT2D eigenvalue weighted by atomic mass is 79.9. The molecule has 0 heterocycles. The van der Waals surface area contributed by atoms with E-state index in [1.165, 1.54) is 6.92 Å². The summed E-state index contributed by atoms with van der Waals surface area (Å²) in [5, 5.41) is 30.2. The second-order valence-corrected chi connectivity index (χ2v) is 10.9. The standard InChI is InChI=1S/C26H33BrO6S/c1-5-7-19-21(10-9-18(16(2)28)24(19)31)33-12-6-13-34-22-11-8-17(14-20(22)27)25(32)26(3,4)15-23(29)30/h8-11,14,25,31-32H,5-7,12-13,15H2,1-4H3,(H,29,30). The monoisotopic (exact) mass is 552 g/mol. The summed E-state index contributed by atoms with van der Waals surface area (Å²) in [4.78, 5) is 23.8. The van der Waals surface area contributed by atoms with Gasteiger partial charge in [-0.2, -0.15) is 0 Å². The lowest BCUT2D eigenvalue weighted by atomic mass is 9.80. The largest absolute Gasteiger partial charge is 0.507 e. The molecule has 186 valence electrons. The molecular weight excluding hydrogens is 520 g/mol. The molecule has 8 heteroatoms. The van der Waals surface area contributed by atoms with Crippen LogP contribution in [-0.4, -0.2) is 39.4 Å². The molecule has 0 aliphatic heterocycles. The Bertz CT molecular complexity index is 1020. The van der Waals surface area contributed by atoms with Gasteiger partial charge >= 0.3 is 5.97 Å². The van der Waals surface area contributed by atoms with Gasteiger partial charge in [0.25, 0.3) is 0 Å². The molecule has 0 radical (unpaired) electrons. The molecule has 6 nitrogen and oxygen atoms in total. The minimum Gasteiger partial charge on any atom is -0.507 e.